The minimum atomic E-state index is -4.60. The van der Waals surface area contributed by atoms with Gasteiger partial charge in [-0.1, -0.05) is 116 Å². The number of phosphoric ester groups is 1. The van der Waals surface area contributed by atoms with E-state index in [0.717, 1.165) is 25.3 Å². The van der Waals surface area contributed by atoms with E-state index in [1.54, 1.807) is 6.07 Å². The summed E-state index contributed by atoms with van der Waals surface area (Å²) < 4.78 is 35.1. The zero-order valence-electron chi connectivity index (χ0n) is 22.8. The van der Waals surface area contributed by atoms with Crippen LogP contribution in [0.15, 0.2) is 18.2 Å². The van der Waals surface area contributed by atoms with Crippen molar-refractivity contribution in [1.82, 2.24) is 0 Å². The fraction of sp³-hybridized carbons (Fsp3) is 0.759. The van der Waals surface area contributed by atoms with Gasteiger partial charge in [-0.05, 0) is 30.2 Å². The predicted molar refractivity (Wildman–Crippen MR) is 146 cm³/mol. The van der Waals surface area contributed by atoms with Crippen LogP contribution < -0.4 is 0 Å². The van der Waals surface area contributed by atoms with E-state index in [9.17, 15) is 8.96 Å². The Kier molecular flexibility index (Phi) is 19.7. The summed E-state index contributed by atoms with van der Waals surface area (Å²) in [6.45, 7) is 2.07. The van der Waals surface area contributed by atoms with E-state index in [1.165, 1.54) is 96.0 Å². The minimum absolute atomic E-state index is 0.0422. The van der Waals surface area contributed by atoms with Gasteiger partial charge in [-0.25, -0.2) is 8.96 Å². The van der Waals surface area contributed by atoms with Crippen LogP contribution in [0.2, 0.25) is 0 Å². The third kappa shape index (κ3) is 20.4. The lowest BCUT2D eigenvalue weighted by Gasteiger charge is -2.18. The molecule has 0 aliphatic carbocycles. The molecule has 0 fully saturated rings. The van der Waals surface area contributed by atoms with Crippen molar-refractivity contribution < 1.29 is 28.0 Å². The Labute approximate surface area is 224 Å². The van der Waals surface area contributed by atoms with Crippen LogP contribution in [0.25, 0.3) is 0 Å². The number of unbranched alkanes of at least 4 members (excludes halogenated alkanes) is 16. The first-order valence-electron chi connectivity index (χ1n) is 14.3. The fourth-order valence-electron chi connectivity index (χ4n) is 4.50. The largest absolute Gasteiger partial charge is 0.469 e. The molecule has 1 unspecified atom stereocenters. The molecule has 0 spiro atoms. The highest BCUT2D eigenvalue weighted by atomic mass is 31.2. The number of rotatable bonds is 24. The number of nitriles is 1. The van der Waals surface area contributed by atoms with E-state index in [-0.39, 0.29) is 18.8 Å². The van der Waals surface area contributed by atoms with Crippen LogP contribution >= 0.6 is 7.82 Å². The van der Waals surface area contributed by atoms with Crippen LogP contribution in [0.4, 0.5) is 4.39 Å². The van der Waals surface area contributed by atoms with Gasteiger partial charge < -0.3 is 14.5 Å². The van der Waals surface area contributed by atoms with Crippen molar-refractivity contribution in [1.29, 1.82) is 5.26 Å². The van der Waals surface area contributed by atoms with E-state index < -0.39 is 19.7 Å². The average molecular weight is 542 g/mol. The second-order valence-corrected chi connectivity index (χ2v) is 11.4. The van der Waals surface area contributed by atoms with Crippen molar-refractivity contribution in [2.24, 2.45) is 0 Å². The number of hydrogen-bond donors (Lipinski definition) is 2. The highest BCUT2D eigenvalue weighted by Crippen LogP contribution is 2.36. The molecule has 0 aliphatic heterocycles. The standard InChI is InChI=1S/C29H49FNO5P/c1-2-3-4-5-6-7-8-9-10-11-12-13-14-15-16-17-18-19-29(25-36-37(32,33)34)35-24-27-20-26(23-31)21-28(30)22-27/h20-22,29H,2-19,24-25H2,1H3,(H2,32,33,34). The zero-order chi connectivity index (χ0) is 27.2. The van der Waals surface area contributed by atoms with Gasteiger partial charge in [0.2, 0.25) is 0 Å². The van der Waals surface area contributed by atoms with Crippen LogP contribution in [0, 0.1) is 17.1 Å². The summed E-state index contributed by atoms with van der Waals surface area (Å²) in [6.07, 6.45) is 21.9. The Morgan fingerprint density at radius 1 is 0.838 bits per heavy atom. The van der Waals surface area contributed by atoms with Crippen LogP contribution in [-0.4, -0.2) is 22.5 Å². The Balaban J connectivity index is 2.12. The molecular formula is C29H49FNO5P. The smallest absolute Gasteiger partial charge is 0.371 e. The van der Waals surface area contributed by atoms with Crippen LogP contribution in [0.5, 0.6) is 0 Å². The number of hydrogen-bond acceptors (Lipinski definition) is 4. The molecule has 0 bridgehead atoms. The fourth-order valence-corrected chi connectivity index (χ4v) is 4.86. The van der Waals surface area contributed by atoms with Gasteiger partial charge in [-0.15, -0.1) is 0 Å². The molecule has 0 saturated carbocycles. The minimum Gasteiger partial charge on any atom is -0.371 e. The molecule has 1 rings (SSSR count). The molecule has 6 nitrogen and oxygen atoms in total. The number of ether oxygens (including phenoxy) is 1. The van der Waals surface area contributed by atoms with Gasteiger partial charge in [0.25, 0.3) is 0 Å². The van der Waals surface area contributed by atoms with Crippen molar-refractivity contribution in [2.75, 3.05) is 6.61 Å². The van der Waals surface area contributed by atoms with Crippen LogP contribution in [0.1, 0.15) is 134 Å². The molecule has 0 radical (unpaired) electrons. The molecule has 0 saturated heterocycles. The van der Waals surface area contributed by atoms with Gasteiger partial charge in [0.05, 0.1) is 31.0 Å². The Morgan fingerprint density at radius 3 is 1.78 bits per heavy atom. The van der Waals surface area contributed by atoms with Crippen molar-refractivity contribution in [3.05, 3.63) is 35.1 Å². The summed E-state index contributed by atoms with van der Waals surface area (Å²) in [7, 11) is -4.60. The second kappa shape index (κ2) is 21.6. The van der Waals surface area contributed by atoms with Gasteiger partial charge in [0.15, 0.2) is 0 Å². The lowest BCUT2D eigenvalue weighted by atomic mass is 10.0. The normalized spacial score (nSPS) is 12.5. The topological polar surface area (TPSA) is 99.8 Å². The molecule has 0 amide bonds. The monoisotopic (exact) mass is 541 g/mol. The lowest BCUT2D eigenvalue weighted by molar-refractivity contribution is -0.00383. The summed E-state index contributed by atoms with van der Waals surface area (Å²) in [5.74, 6) is -0.520. The van der Waals surface area contributed by atoms with Crippen molar-refractivity contribution in [2.45, 2.75) is 135 Å². The molecular weight excluding hydrogens is 492 g/mol. The molecule has 1 atom stereocenters. The Morgan fingerprint density at radius 2 is 1.32 bits per heavy atom. The molecule has 8 heteroatoms. The number of phosphoric acid groups is 1. The van der Waals surface area contributed by atoms with Gasteiger partial charge in [-0.2, -0.15) is 5.26 Å². The summed E-state index contributed by atoms with van der Waals surface area (Å²) in [5, 5.41) is 8.99. The van der Waals surface area contributed by atoms with E-state index in [4.69, 9.17) is 19.8 Å². The second-order valence-electron chi connectivity index (χ2n) is 10.1. The van der Waals surface area contributed by atoms with E-state index in [1.807, 2.05) is 6.07 Å². The van der Waals surface area contributed by atoms with Gasteiger partial charge >= 0.3 is 7.82 Å². The van der Waals surface area contributed by atoms with Crippen molar-refractivity contribution >= 4 is 7.82 Å². The molecule has 212 valence electrons. The van der Waals surface area contributed by atoms with Gasteiger partial charge in [0, 0.05) is 0 Å². The highest BCUT2D eigenvalue weighted by molar-refractivity contribution is 7.46. The molecule has 2 N–H and O–H groups in total. The maximum absolute atomic E-state index is 13.6. The van der Waals surface area contributed by atoms with Gasteiger partial charge in [0.1, 0.15) is 5.82 Å². The quantitative estimate of drug-likeness (QED) is 0.100. The molecule has 0 heterocycles. The Bertz CT molecular complexity index is 795. The van der Waals surface area contributed by atoms with E-state index >= 15 is 0 Å². The number of benzene rings is 1. The summed E-state index contributed by atoms with van der Waals surface area (Å²) in [5.41, 5.74) is 0.704. The average Bonchev–Trinajstić information content (AvgIpc) is 2.86. The third-order valence-corrected chi connectivity index (χ3v) is 7.12. The first kappa shape index (κ1) is 33.7. The summed E-state index contributed by atoms with van der Waals surface area (Å²) in [4.78, 5) is 18.0. The van der Waals surface area contributed by atoms with Gasteiger partial charge in [-0.3, -0.25) is 4.52 Å². The summed E-state index contributed by atoms with van der Waals surface area (Å²) >= 11 is 0. The van der Waals surface area contributed by atoms with Crippen LogP contribution in [0.3, 0.4) is 0 Å². The summed E-state index contributed by atoms with van der Waals surface area (Å²) in [6, 6.07) is 5.88. The first-order chi connectivity index (χ1) is 17.8. The predicted octanol–water partition coefficient (Wildman–Crippen LogP) is 8.73. The van der Waals surface area contributed by atoms with E-state index in [0.29, 0.717) is 12.0 Å². The zero-order valence-corrected chi connectivity index (χ0v) is 23.7. The molecule has 0 aliphatic rings. The molecule has 1 aromatic carbocycles. The first-order valence-corrected chi connectivity index (χ1v) is 15.9. The lowest BCUT2D eigenvalue weighted by Crippen LogP contribution is -2.19. The van der Waals surface area contributed by atoms with Crippen molar-refractivity contribution in [3.63, 3.8) is 0 Å². The molecule has 37 heavy (non-hydrogen) atoms. The SMILES string of the molecule is CCCCCCCCCCCCCCCCCCCC(COP(=O)(O)O)OCc1cc(F)cc(C#N)c1. The highest BCUT2D eigenvalue weighted by Gasteiger charge is 2.19. The third-order valence-electron chi connectivity index (χ3n) is 6.63. The maximum atomic E-state index is 13.6. The van der Waals surface area contributed by atoms with Crippen LogP contribution in [-0.2, 0) is 20.4 Å². The number of nitrogens with zero attached hydrogens (tertiary/aromatic N) is 1. The Hall–Kier alpha value is -1.29. The maximum Gasteiger partial charge on any atom is 0.469 e. The van der Waals surface area contributed by atoms with Crippen molar-refractivity contribution in [3.8, 4) is 6.07 Å². The molecule has 1 aromatic rings. The molecule has 0 aromatic heterocycles. The number of halogens is 1. The van der Waals surface area contributed by atoms with E-state index in [2.05, 4.69) is 11.4 Å².